The number of carbonyl (C=O) groups excluding carboxylic acids is 2. The second-order valence-electron chi connectivity index (χ2n) is 19.8. The van der Waals surface area contributed by atoms with Gasteiger partial charge in [-0.2, -0.15) is 0 Å². The molecule has 280 valence electrons. The van der Waals surface area contributed by atoms with Gasteiger partial charge >= 0.3 is 0 Å². The first-order chi connectivity index (χ1) is 25.8. The van der Waals surface area contributed by atoms with Crippen LogP contribution in [0.3, 0.4) is 0 Å². The summed E-state index contributed by atoms with van der Waals surface area (Å²) < 4.78 is 0. The number of hydrogen-bond donors (Lipinski definition) is 0. The Morgan fingerprint density at radius 1 is 0.455 bits per heavy atom. The van der Waals surface area contributed by atoms with Gasteiger partial charge in [0, 0.05) is 40.3 Å². The molecule has 0 saturated carbocycles. The van der Waals surface area contributed by atoms with Crippen LogP contribution < -0.4 is 4.90 Å². The molecule has 0 unspecified atom stereocenters. The van der Waals surface area contributed by atoms with Gasteiger partial charge in [-0.05, 0) is 120 Å². The lowest BCUT2D eigenvalue weighted by atomic mass is 9.72. The van der Waals surface area contributed by atoms with Crippen LogP contribution in [0.2, 0.25) is 0 Å². The molecule has 1 aliphatic rings. The van der Waals surface area contributed by atoms with Crippen molar-refractivity contribution in [2.45, 2.75) is 92.9 Å². The minimum atomic E-state index is -0.253. The van der Waals surface area contributed by atoms with Crippen LogP contribution in [0, 0.1) is 10.8 Å². The van der Waals surface area contributed by atoms with Gasteiger partial charge in [-0.1, -0.05) is 130 Å². The molecular formula is C51H54N2O2. The van der Waals surface area contributed by atoms with E-state index in [0.717, 1.165) is 67.6 Å². The Kier molecular flexibility index (Phi) is 8.28. The average molecular weight is 727 g/mol. The number of carbonyl (C=O) groups is 2. The van der Waals surface area contributed by atoms with Gasteiger partial charge in [0.1, 0.15) is 0 Å². The molecular weight excluding hydrogens is 673 g/mol. The molecule has 1 heterocycles. The van der Waals surface area contributed by atoms with Crippen molar-refractivity contribution >= 4 is 72.0 Å². The Morgan fingerprint density at radius 2 is 0.855 bits per heavy atom. The van der Waals surface area contributed by atoms with Crippen LogP contribution in [-0.2, 0) is 10.8 Å². The molecule has 0 aromatic heterocycles. The van der Waals surface area contributed by atoms with E-state index in [1.165, 1.54) is 21.4 Å². The first-order valence-corrected chi connectivity index (χ1v) is 19.8. The summed E-state index contributed by atoms with van der Waals surface area (Å²) in [6.45, 7) is 23.3. The van der Waals surface area contributed by atoms with Gasteiger partial charge in [-0.25, -0.2) is 0 Å². The lowest BCUT2D eigenvalue weighted by molar-refractivity contribution is 0.0650. The molecule has 4 heteroatoms. The van der Waals surface area contributed by atoms with Crippen LogP contribution in [0.15, 0.2) is 103 Å². The zero-order valence-electron chi connectivity index (χ0n) is 34.4. The lowest BCUT2D eigenvalue weighted by Gasteiger charge is -2.34. The van der Waals surface area contributed by atoms with E-state index in [9.17, 15) is 9.59 Å². The minimum absolute atomic E-state index is 0.0292. The van der Waals surface area contributed by atoms with E-state index < -0.39 is 0 Å². The standard InChI is InChI=1S/C51H54N2O2/c1-48(2,3)29-50(7,8)31-15-19-33(20-16-31)53(34-21-17-32(18-22-34)51(9,10)30-49(4,5)6)42-28-27-36-38-24-26-41-45-40(46(54)52(11)47(41)55)25-23-37(44(38)45)35-13-12-14-39(42)43(35)36/h12-28H,29-30H2,1-11H3. The topological polar surface area (TPSA) is 40.6 Å². The van der Waals surface area contributed by atoms with E-state index in [4.69, 9.17) is 0 Å². The molecule has 0 bridgehead atoms. The molecule has 1 aliphatic heterocycles. The number of amides is 2. The van der Waals surface area contributed by atoms with Crippen molar-refractivity contribution in [3.8, 4) is 0 Å². The van der Waals surface area contributed by atoms with E-state index >= 15 is 0 Å². The van der Waals surface area contributed by atoms with Gasteiger partial charge < -0.3 is 4.90 Å². The fourth-order valence-electron chi connectivity index (χ4n) is 10.2. The molecule has 0 radical (unpaired) electrons. The summed E-state index contributed by atoms with van der Waals surface area (Å²) in [6.07, 6.45) is 2.17. The van der Waals surface area contributed by atoms with Crippen molar-refractivity contribution in [3.63, 3.8) is 0 Å². The first kappa shape index (κ1) is 36.7. The molecule has 4 nitrogen and oxygen atoms in total. The number of nitrogens with zero attached hydrogens (tertiary/aromatic N) is 2. The molecule has 7 aromatic rings. The molecule has 0 fully saturated rings. The second kappa shape index (κ2) is 12.4. The number of imide groups is 1. The highest BCUT2D eigenvalue weighted by molar-refractivity contribution is 6.39. The molecule has 55 heavy (non-hydrogen) atoms. The van der Waals surface area contributed by atoms with Crippen molar-refractivity contribution in [1.82, 2.24) is 4.90 Å². The van der Waals surface area contributed by atoms with Crippen LogP contribution >= 0.6 is 0 Å². The van der Waals surface area contributed by atoms with Gasteiger partial charge in [0.2, 0.25) is 0 Å². The molecule has 7 aromatic carbocycles. The van der Waals surface area contributed by atoms with E-state index in [-0.39, 0.29) is 33.5 Å². The Hall–Kier alpha value is -5.22. The lowest BCUT2D eigenvalue weighted by Crippen LogP contribution is -2.36. The number of fused-ring (bicyclic) bond motifs is 2. The summed E-state index contributed by atoms with van der Waals surface area (Å²) in [5.41, 5.74) is 7.63. The predicted octanol–water partition coefficient (Wildman–Crippen LogP) is 13.9. The van der Waals surface area contributed by atoms with Crippen LogP contribution in [0.1, 0.15) is 114 Å². The third kappa shape index (κ3) is 6.15. The molecule has 8 rings (SSSR count). The molecule has 0 N–H and O–H groups in total. The Labute approximate surface area is 326 Å². The minimum Gasteiger partial charge on any atom is -0.310 e. The van der Waals surface area contributed by atoms with E-state index in [1.54, 1.807) is 7.05 Å². The molecule has 0 aliphatic carbocycles. The van der Waals surface area contributed by atoms with Crippen molar-refractivity contribution < 1.29 is 9.59 Å². The van der Waals surface area contributed by atoms with Gasteiger partial charge in [0.15, 0.2) is 0 Å². The van der Waals surface area contributed by atoms with Crippen molar-refractivity contribution in [1.29, 1.82) is 0 Å². The highest BCUT2D eigenvalue weighted by Gasteiger charge is 2.33. The first-order valence-electron chi connectivity index (χ1n) is 19.8. The van der Waals surface area contributed by atoms with Gasteiger partial charge in [0.25, 0.3) is 11.8 Å². The van der Waals surface area contributed by atoms with Crippen molar-refractivity contribution in [3.05, 3.63) is 125 Å². The normalized spacial score (nSPS) is 14.3. The van der Waals surface area contributed by atoms with Gasteiger partial charge in [-0.3, -0.25) is 14.5 Å². The summed E-state index contributed by atoms with van der Waals surface area (Å²) in [5.74, 6) is -0.506. The second-order valence-corrected chi connectivity index (χ2v) is 19.8. The van der Waals surface area contributed by atoms with Crippen LogP contribution in [0.25, 0.3) is 43.1 Å². The Morgan fingerprint density at radius 3 is 1.31 bits per heavy atom. The molecule has 0 spiro atoms. The summed E-state index contributed by atoms with van der Waals surface area (Å²) in [7, 11) is 1.57. The SMILES string of the molecule is CN1C(=O)c2ccc3c4cccc5c(N(c6ccc(C(C)(C)CC(C)(C)C)cc6)c6ccc(C(C)(C)CC(C)(C)C)cc6)ccc(c6ccc(c2c36)C1=O)c54. The maximum Gasteiger partial charge on any atom is 0.261 e. The number of anilines is 3. The quantitative estimate of drug-likeness (QED) is 0.0933. The maximum atomic E-state index is 13.3. The highest BCUT2D eigenvalue weighted by atomic mass is 16.2. The van der Waals surface area contributed by atoms with Crippen molar-refractivity contribution in [2.75, 3.05) is 11.9 Å². The van der Waals surface area contributed by atoms with Gasteiger partial charge in [-0.15, -0.1) is 0 Å². The Balaban J connectivity index is 1.35. The zero-order chi connectivity index (χ0) is 39.4. The monoisotopic (exact) mass is 726 g/mol. The summed E-state index contributed by atoms with van der Waals surface area (Å²) in [4.78, 5) is 30.3. The summed E-state index contributed by atoms with van der Waals surface area (Å²) in [6, 6.07) is 37.4. The molecule has 0 saturated heterocycles. The third-order valence-corrected chi connectivity index (χ3v) is 11.8. The average Bonchev–Trinajstić information content (AvgIpc) is 3.11. The molecule has 2 amide bonds. The predicted molar refractivity (Wildman–Crippen MR) is 233 cm³/mol. The van der Waals surface area contributed by atoms with Crippen LogP contribution in [0.4, 0.5) is 17.1 Å². The van der Waals surface area contributed by atoms with E-state index in [1.807, 2.05) is 12.1 Å². The fraction of sp³-hybridized carbons (Fsp3) is 0.333. The molecule has 0 atom stereocenters. The summed E-state index contributed by atoms with van der Waals surface area (Å²) >= 11 is 0. The van der Waals surface area contributed by atoms with Crippen LogP contribution in [0.5, 0.6) is 0 Å². The van der Waals surface area contributed by atoms with Crippen LogP contribution in [-0.4, -0.2) is 23.8 Å². The van der Waals surface area contributed by atoms with E-state index in [2.05, 4.69) is 165 Å². The number of rotatable bonds is 7. The Bertz CT molecular complexity index is 2510. The fourth-order valence-corrected chi connectivity index (χ4v) is 10.2. The van der Waals surface area contributed by atoms with Gasteiger partial charge in [0.05, 0.1) is 5.69 Å². The zero-order valence-corrected chi connectivity index (χ0v) is 34.4. The maximum absolute atomic E-state index is 13.3. The smallest absolute Gasteiger partial charge is 0.261 e. The largest absolute Gasteiger partial charge is 0.310 e. The number of benzene rings is 7. The van der Waals surface area contributed by atoms with Crippen molar-refractivity contribution in [2.24, 2.45) is 10.8 Å². The highest BCUT2D eigenvalue weighted by Crippen LogP contribution is 2.48. The third-order valence-electron chi connectivity index (χ3n) is 11.8. The van der Waals surface area contributed by atoms with E-state index in [0.29, 0.717) is 11.1 Å². The number of hydrogen-bond acceptors (Lipinski definition) is 3. The summed E-state index contributed by atoms with van der Waals surface area (Å²) in [5, 5.41) is 8.41.